The van der Waals surface area contributed by atoms with Gasteiger partial charge in [-0.15, -0.1) is 11.3 Å². The normalized spacial score (nSPS) is 16.1. The fourth-order valence-electron chi connectivity index (χ4n) is 3.39. The number of hydrogen-bond acceptors (Lipinski definition) is 3. The number of carbonyl (C=O) groups excluding carboxylic acids is 1. The van der Waals surface area contributed by atoms with Crippen LogP contribution in [0.1, 0.15) is 36.6 Å². The molecular formula is C22H20ClNO2S. The number of benzene rings is 2. The lowest BCUT2D eigenvalue weighted by Gasteiger charge is -2.24. The first-order valence-electron chi connectivity index (χ1n) is 8.95. The topological polar surface area (TPSA) is 38.3 Å². The van der Waals surface area contributed by atoms with Gasteiger partial charge < -0.3 is 10.1 Å². The minimum absolute atomic E-state index is 0.0450. The monoisotopic (exact) mass is 397 g/mol. The molecular weight excluding hydrogens is 378 g/mol. The molecule has 0 radical (unpaired) electrons. The second kappa shape index (κ2) is 7.37. The van der Waals surface area contributed by atoms with E-state index in [-0.39, 0.29) is 17.9 Å². The van der Waals surface area contributed by atoms with Gasteiger partial charge in [0.05, 0.1) is 11.8 Å². The summed E-state index contributed by atoms with van der Waals surface area (Å²) in [5.41, 5.74) is 4.15. The van der Waals surface area contributed by atoms with Crippen molar-refractivity contribution in [3.63, 3.8) is 0 Å². The summed E-state index contributed by atoms with van der Waals surface area (Å²) in [7, 11) is 0. The second-order valence-corrected chi connectivity index (χ2v) is 8.28. The largest absolute Gasteiger partial charge is 0.491 e. The zero-order valence-corrected chi connectivity index (χ0v) is 16.7. The highest BCUT2D eigenvalue weighted by atomic mass is 35.5. The van der Waals surface area contributed by atoms with Crippen molar-refractivity contribution >= 4 is 34.5 Å². The summed E-state index contributed by atoms with van der Waals surface area (Å²) in [5, 5.41) is 5.89. The van der Waals surface area contributed by atoms with Gasteiger partial charge in [-0.3, -0.25) is 4.79 Å². The molecule has 0 bridgehead atoms. The van der Waals surface area contributed by atoms with Crippen molar-refractivity contribution in [2.75, 3.05) is 5.32 Å². The molecule has 0 saturated heterocycles. The van der Waals surface area contributed by atoms with Crippen LogP contribution in [0.3, 0.4) is 0 Å². The second-order valence-electron chi connectivity index (χ2n) is 6.94. The molecule has 1 atom stereocenters. The van der Waals surface area contributed by atoms with Gasteiger partial charge in [0.2, 0.25) is 5.91 Å². The highest BCUT2D eigenvalue weighted by Gasteiger charge is 2.30. The molecule has 3 nitrogen and oxygen atoms in total. The molecule has 1 amide bonds. The molecule has 0 fully saturated rings. The van der Waals surface area contributed by atoms with E-state index in [1.165, 1.54) is 4.88 Å². The minimum Gasteiger partial charge on any atom is -0.491 e. The Labute approximate surface area is 167 Å². The van der Waals surface area contributed by atoms with E-state index in [2.05, 4.69) is 22.8 Å². The molecule has 0 saturated carbocycles. The van der Waals surface area contributed by atoms with Crippen LogP contribution in [0, 0.1) is 0 Å². The number of nitrogens with one attached hydrogen (secondary N) is 1. The Morgan fingerprint density at radius 1 is 1.11 bits per heavy atom. The summed E-state index contributed by atoms with van der Waals surface area (Å²) in [6.45, 7) is 4.02. The molecule has 138 valence electrons. The number of carbonyl (C=O) groups is 1. The maximum absolute atomic E-state index is 12.4. The van der Waals surface area contributed by atoms with E-state index >= 15 is 0 Å². The van der Waals surface area contributed by atoms with Gasteiger partial charge in [-0.05, 0) is 49.2 Å². The Kier molecular flexibility index (Phi) is 4.94. The number of anilines is 1. The lowest BCUT2D eigenvalue weighted by Crippen LogP contribution is -2.22. The summed E-state index contributed by atoms with van der Waals surface area (Å²) in [6.07, 6.45) is 0.597. The van der Waals surface area contributed by atoms with Crippen LogP contribution < -0.4 is 10.1 Å². The van der Waals surface area contributed by atoms with Crippen LogP contribution in [0.25, 0.3) is 11.1 Å². The van der Waals surface area contributed by atoms with E-state index in [0.29, 0.717) is 11.4 Å². The van der Waals surface area contributed by atoms with Crippen LogP contribution in [0.4, 0.5) is 5.69 Å². The van der Waals surface area contributed by atoms with E-state index in [4.69, 9.17) is 16.3 Å². The number of halogens is 1. The van der Waals surface area contributed by atoms with E-state index in [1.807, 2.05) is 50.2 Å². The SMILES string of the molecule is CC(C)Oc1ccc([C@@H]2CC(=O)Nc3c(-c4ccc(Cl)cc4)csc32)cc1. The van der Waals surface area contributed by atoms with Crippen molar-refractivity contribution < 1.29 is 9.53 Å². The van der Waals surface area contributed by atoms with Crippen molar-refractivity contribution in [1.29, 1.82) is 0 Å². The lowest BCUT2D eigenvalue weighted by molar-refractivity contribution is -0.116. The van der Waals surface area contributed by atoms with Crippen LogP contribution in [0.2, 0.25) is 5.02 Å². The fraction of sp³-hybridized carbons (Fsp3) is 0.227. The number of ether oxygens (including phenoxy) is 1. The van der Waals surface area contributed by atoms with Crippen LogP contribution in [-0.2, 0) is 4.79 Å². The first kappa shape index (κ1) is 18.1. The van der Waals surface area contributed by atoms with Gasteiger partial charge in [-0.1, -0.05) is 35.9 Å². The fourth-order valence-corrected chi connectivity index (χ4v) is 4.68. The van der Waals surface area contributed by atoms with Crippen molar-refractivity contribution in [2.24, 2.45) is 0 Å². The van der Waals surface area contributed by atoms with E-state index in [9.17, 15) is 4.79 Å². The van der Waals surface area contributed by atoms with Gasteiger partial charge in [0.25, 0.3) is 0 Å². The first-order valence-corrected chi connectivity index (χ1v) is 10.2. The predicted octanol–water partition coefficient (Wildman–Crippen LogP) is 6.33. The van der Waals surface area contributed by atoms with Gasteiger partial charge in [-0.25, -0.2) is 0 Å². The number of thiophene rings is 1. The Bertz CT molecular complexity index is 961. The van der Waals surface area contributed by atoms with Gasteiger partial charge >= 0.3 is 0 Å². The standard InChI is InChI=1S/C22H20ClNO2S/c1-13(2)26-17-9-5-14(6-10-17)18-11-20(25)24-21-19(12-27-22(18)21)15-3-7-16(23)8-4-15/h3-10,12-13,18H,11H2,1-2H3,(H,24,25)/t18-/m0/s1. The zero-order valence-electron chi connectivity index (χ0n) is 15.2. The summed E-state index contributed by atoms with van der Waals surface area (Å²) < 4.78 is 5.73. The number of rotatable bonds is 4. The molecule has 0 spiro atoms. The number of hydrogen-bond donors (Lipinski definition) is 1. The Balaban J connectivity index is 1.69. The third-order valence-corrected chi connectivity index (χ3v) is 5.95. The number of fused-ring (bicyclic) bond motifs is 1. The van der Waals surface area contributed by atoms with Gasteiger partial charge in [0, 0.05) is 33.2 Å². The Hall–Kier alpha value is -2.30. The molecule has 1 aliphatic rings. The molecule has 0 unspecified atom stereocenters. The van der Waals surface area contributed by atoms with E-state index in [1.54, 1.807) is 11.3 Å². The Morgan fingerprint density at radius 3 is 2.48 bits per heavy atom. The van der Waals surface area contributed by atoms with Gasteiger partial charge in [-0.2, -0.15) is 0 Å². The van der Waals surface area contributed by atoms with Crippen LogP contribution in [0.5, 0.6) is 5.75 Å². The lowest BCUT2D eigenvalue weighted by atomic mass is 9.89. The third kappa shape index (κ3) is 3.73. The molecule has 2 heterocycles. The smallest absolute Gasteiger partial charge is 0.225 e. The summed E-state index contributed by atoms with van der Waals surface area (Å²) in [4.78, 5) is 13.6. The van der Waals surface area contributed by atoms with Crippen molar-refractivity contribution in [2.45, 2.75) is 32.3 Å². The van der Waals surface area contributed by atoms with Crippen molar-refractivity contribution in [3.8, 4) is 16.9 Å². The zero-order chi connectivity index (χ0) is 19.0. The molecule has 1 aromatic heterocycles. The molecule has 5 heteroatoms. The molecule has 0 aliphatic carbocycles. The first-order chi connectivity index (χ1) is 13.0. The van der Waals surface area contributed by atoms with Crippen LogP contribution >= 0.6 is 22.9 Å². The molecule has 3 aromatic rings. The molecule has 4 rings (SSSR count). The van der Waals surface area contributed by atoms with Crippen LogP contribution in [-0.4, -0.2) is 12.0 Å². The number of amides is 1. The maximum Gasteiger partial charge on any atom is 0.225 e. The molecule has 1 aliphatic heterocycles. The molecule has 2 aromatic carbocycles. The van der Waals surface area contributed by atoms with Crippen LogP contribution in [0.15, 0.2) is 53.9 Å². The summed E-state index contributed by atoms with van der Waals surface area (Å²) in [6, 6.07) is 15.8. The Morgan fingerprint density at radius 2 is 1.81 bits per heavy atom. The highest BCUT2D eigenvalue weighted by molar-refractivity contribution is 7.11. The third-order valence-electron chi connectivity index (χ3n) is 4.60. The van der Waals surface area contributed by atoms with E-state index < -0.39 is 0 Å². The minimum atomic E-state index is 0.0450. The summed E-state index contributed by atoms with van der Waals surface area (Å²) in [5.74, 6) is 0.957. The summed E-state index contributed by atoms with van der Waals surface area (Å²) >= 11 is 7.70. The highest BCUT2D eigenvalue weighted by Crippen LogP contribution is 2.46. The molecule has 27 heavy (non-hydrogen) atoms. The maximum atomic E-state index is 12.4. The average molecular weight is 398 g/mol. The van der Waals surface area contributed by atoms with Gasteiger partial charge in [0.15, 0.2) is 0 Å². The molecule has 1 N–H and O–H groups in total. The average Bonchev–Trinajstić information content (AvgIpc) is 3.05. The van der Waals surface area contributed by atoms with Gasteiger partial charge in [0.1, 0.15) is 5.75 Å². The van der Waals surface area contributed by atoms with Crippen molar-refractivity contribution in [1.82, 2.24) is 0 Å². The van der Waals surface area contributed by atoms with Crippen molar-refractivity contribution in [3.05, 3.63) is 69.4 Å². The van der Waals surface area contributed by atoms with E-state index in [0.717, 1.165) is 28.1 Å². The predicted molar refractivity (Wildman–Crippen MR) is 112 cm³/mol. The quantitative estimate of drug-likeness (QED) is 0.558.